The zero-order valence-corrected chi connectivity index (χ0v) is 19.6. The van der Waals surface area contributed by atoms with Crippen molar-refractivity contribution in [1.82, 2.24) is 9.80 Å². The summed E-state index contributed by atoms with van der Waals surface area (Å²) in [6.07, 6.45) is 3.22. The van der Waals surface area contributed by atoms with Crippen LogP contribution in [0.15, 0.2) is 42.5 Å². The van der Waals surface area contributed by atoms with Gasteiger partial charge in [-0.25, -0.2) is 0 Å². The summed E-state index contributed by atoms with van der Waals surface area (Å²) < 4.78 is 16.5. The third-order valence-electron chi connectivity index (χ3n) is 6.23. The molecule has 0 bridgehead atoms. The smallest absolute Gasteiger partial charge is 0.254 e. The Labute approximate surface area is 198 Å². The van der Waals surface area contributed by atoms with E-state index >= 15 is 0 Å². The molecular formula is C26H28N2O6. The topological polar surface area (TPSA) is 85.4 Å². The van der Waals surface area contributed by atoms with Gasteiger partial charge < -0.3 is 19.1 Å². The minimum absolute atomic E-state index is 0.0659. The number of nitrogens with zero attached hydrogens (tertiary/aromatic N) is 2. The lowest BCUT2D eigenvalue weighted by Crippen LogP contribution is -2.34. The summed E-state index contributed by atoms with van der Waals surface area (Å²) in [7, 11) is 4.81. The molecule has 0 radical (unpaired) electrons. The molecule has 2 aliphatic rings. The molecular weight excluding hydrogens is 436 g/mol. The van der Waals surface area contributed by atoms with Gasteiger partial charge in [-0.15, -0.1) is 0 Å². The van der Waals surface area contributed by atoms with Crippen LogP contribution in [0.1, 0.15) is 40.7 Å². The molecule has 1 saturated heterocycles. The van der Waals surface area contributed by atoms with Gasteiger partial charge in [-0.3, -0.25) is 19.3 Å². The Hall–Kier alpha value is -3.81. The Morgan fingerprint density at radius 2 is 1.50 bits per heavy atom. The van der Waals surface area contributed by atoms with Gasteiger partial charge in [0.15, 0.2) is 0 Å². The van der Waals surface area contributed by atoms with Crippen LogP contribution in [0.3, 0.4) is 0 Å². The molecule has 2 heterocycles. The SMILES string of the molecule is COc1cc(OC)c(C2=CCN(C(=O)c3ccc(CN4C(=O)CCC4=O)cc3)CC2)c(OC)c1. The molecule has 4 rings (SSSR count). The molecule has 8 nitrogen and oxygen atoms in total. The van der Waals surface area contributed by atoms with E-state index in [1.807, 2.05) is 18.2 Å². The van der Waals surface area contributed by atoms with Crippen LogP contribution in [0.5, 0.6) is 17.2 Å². The van der Waals surface area contributed by atoms with E-state index in [2.05, 4.69) is 0 Å². The molecule has 0 unspecified atom stereocenters. The molecule has 2 aromatic carbocycles. The Morgan fingerprint density at radius 3 is 2.00 bits per heavy atom. The minimum Gasteiger partial charge on any atom is -0.496 e. The van der Waals surface area contributed by atoms with Gasteiger partial charge in [-0.1, -0.05) is 18.2 Å². The standard InChI is InChI=1S/C26H28N2O6/c1-32-20-14-21(33-2)25(22(15-20)34-3)18-10-12-27(13-11-18)26(31)19-6-4-17(5-7-19)16-28-23(29)8-9-24(28)30/h4-7,10,14-15H,8-9,11-13,16H2,1-3H3. The van der Waals surface area contributed by atoms with E-state index in [0.29, 0.717) is 42.3 Å². The number of methoxy groups -OCH3 is 3. The number of likely N-dealkylation sites (tertiary alicyclic amines) is 1. The van der Waals surface area contributed by atoms with Gasteiger partial charge in [0.1, 0.15) is 17.2 Å². The van der Waals surface area contributed by atoms with Crippen LogP contribution in [0.25, 0.3) is 5.57 Å². The fraction of sp³-hybridized carbons (Fsp3) is 0.346. The Kier molecular flexibility index (Phi) is 6.86. The summed E-state index contributed by atoms with van der Waals surface area (Å²) in [6.45, 7) is 1.26. The van der Waals surface area contributed by atoms with Crippen LogP contribution in [-0.2, 0) is 16.1 Å². The highest BCUT2D eigenvalue weighted by Crippen LogP contribution is 2.41. The van der Waals surface area contributed by atoms with E-state index in [9.17, 15) is 14.4 Å². The second-order valence-corrected chi connectivity index (χ2v) is 8.21. The van der Waals surface area contributed by atoms with Crippen molar-refractivity contribution in [2.75, 3.05) is 34.4 Å². The molecule has 0 aromatic heterocycles. The molecule has 34 heavy (non-hydrogen) atoms. The maximum Gasteiger partial charge on any atom is 0.254 e. The van der Waals surface area contributed by atoms with E-state index in [0.717, 1.165) is 16.7 Å². The van der Waals surface area contributed by atoms with Gasteiger partial charge in [0.05, 0.1) is 33.4 Å². The maximum absolute atomic E-state index is 13.0. The average molecular weight is 465 g/mol. The summed E-state index contributed by atoms with van der Waals surface area (Å²) >= 11 is 0. The minimum atomic E-state index is -0.147. The summed E-state index contributed by atoms with van der Waals surface area (Å²) in [4.78, 5) is 39.8. The zero-order valence-electron chi connectivity index (χ0n) is 19.6. The lowest BCUT2D eigenvalue weighted by atomic mass is 9.96. The fourth-order valence-corrected chi connectivity index (χ4v) is 4.32. The second kappa shape index (κ2) is 9.99. The maximum atomic E-state index is 13.0. The summed E-state index contributed by atoms with van der Waals surface area (Å²) in [5, 5.41) is 0. The fourth-order valence-electron chi connectivity index (χ4n) is 4.32. The molecule has 8 heteroatoms. The first-order valence-corrected chi connectivity index (χ1v) is 11.2. The number of carbonyl (C=O) groups excluding carboxylic acids is 3. The molecule has 0 saturated carbocycles. The van der Waals surface area contributed by atoms with Crippen molar-refractivity contribution in [1.29, 1.82) is 0 Å². The van der Waals surface area contributed by atoms with Crippen molar-refractivity contribution in [3.05, 3.63) is 59.2 Å². The molecule has 1 fully saturated rings. The quantitative estimate of drug-likeness (QED) is 0.585. The first-order valence-electron chi connectivity index (χ1n) is 11.2. The number of imide groups is 1. The highest BCUT2D eigenvalue weighted by atomic mass is 16.5. The molecule has 2 aliphatic heterocycles. The lowest BCUT2D eigenvalue weighted by molar-refractivity contribution is -0.139. The first kappa shape index (κ1) is 23.4. The van der Waals surface area contributed by atoms with E-state index < -0.39 is 0 Å². The number of ether oxygens (including phenoxy) is 3. The van der Waals surface area contributed by atoms with Crippen molar-refractivity contribution in [2.24, 2.45) is 0 Å². The largest absolute Gasteiger partial charge is 0.496 e. The molecule has 0 spiro atoms. The molecule has 0 atom stereocenters. The third-order valence-corrected chi connectivity index (χ3v) is 6.23. The van der Waals surface area contributed by atoms with Gasteiger partial charge in [0, 0.05) is 43.6 Å². The van der Waals surface area contributed by atoms with E-state index in [-0.39, 0.29) is 37.1 Å². The second-order valence-electron chi connectivity index (χ2n) is 8.21. The van der Waals surface area contributed by atoms with Crippen LogP contribution < -0.4 is 14.2 Å². The number of hydrogen-bond donors (Lipinski definition) is 0. The van der Waals surface area contributed by atoms with Crippen molar-refractivity contribution in [3.8, 4) is 17.2 Å². The predicted octanol–water partition coefficient (Wildman–Crippen LogP) is 3.29. The van der Waals surface area contributed by atoms with Crippen LogP contribution in [0.4, 0.5) is 0 Å². The summed E-state index contributed by atoms with van der Waals surface area (Å²) in [6, 6.07) is 10.7. The van der Waals surface area contributed by atoms with Gasteiger partial charge >= 0.3 is 0 Å². The third kappa shape index (κ3) is 4.62. The van der Waals surface area contributed by atoms with Crippen molar-refractivity contribution in [2.45, 2.75) is 25.8 Å². The van der Waals surface area contributed by atoms with E-state index in [1.54, 1.807) is 50.5 Å². The van der Waals surface area contributed by atoms with Gasteiger partial charge in [-0.05, 0) is 29.7 Å². The normalized spacial score (nSPS) is 15.9. The highest BCUT2D eigenvalue weighted by molar-refractivity contribution is 6.01. The molecule has 0 N–H and O–H groups in total. The van der Waals surface area contributed by atoms with Crippen molar-refractivity contribution < 1.29 is 28.6 Å². The van der Waals surface area contributed by atoms with Crippen LogP contribution in [0, 0.1) is 0 Å². The number of benzene rings is 2. The van der Waals surface area contributed by atoms with Crippen molar-refractivity contribution in [3.63, 3.8) is 0 Å². The van der Waals surface area contributed by atoms with Crippen LogP contribution >= 0.6 is 0 Å². The monoisotopic (exact) mass is 464 g/mol. The molecule has 0 aliphatic carbocycles. The number of amides is 3. The average Bonchev–Trinajstić information content (AvgIpc) is 3.20. The number of hydrogen-bond acceptors (Lipinski definition) is 6. The van der Waals surface area contributed by atoms with Gasteiger partial charge in [0.2, 0.25) is 11.8 Å². The Balaban J connectivity index is 1.46. The lowest BCUT2D eigenvalue weighted by Gasteiger charge is -2.28. The number of rotatable bonds is 7. The van der Waals surface area contributed by atoms with E-state index in [4.69, 9.17) is 14.2 Å². The Morgan fingerprint density at radius 1 is 0.882 bits per heavy atom. The van der Waals surface area contributed by atoms with Gasteiger partial charge in [0.25, 0.3) is 5.91 Å². The Bertz CT molecular complexity index is 1100. The summed E-state index contributed by atoms with van der Waals surface area (Å²) in [5.41, 5.74) is 3.31. The summed E-state index contributed by atoms with van der Waals surface area (Å²) in [5.74, 6) is 1.61. The number of carbonyl (C=O) groups is 3. The van der Waals surface area contributed by atoms with Crippen LogP contribution in [-0.4, -0.2) is 61.9 Å². The zero-order chi connectivity index (χ0) is 24.2. The van der Waals surface area contributed by atoms with Gasteiger partial charge in [-0.2, -0.15) is 0 Å². The first-order chi connectivity index (χ1) is 16.4. The molecule has 178 valence electrons. The molecule has 2 aromatic rings. The highest BCUT2D eigenvalue weighted by Gasteiger charge is 2.29. The molecule has 3 amide bonds. The van der Waals surface area contributed by atoms with Crippen LogP contribution in [0.2, 0.25) is 0 Å². The van der Waals surface area contributed by atoms with E-state index in [1.165, 1.54) is 4.90 Å². The van der Waals surface area contributed by atoms with Crippen molar-refractivity contribution >= 4 is 23.3 Å². The predicted molar refractivity (Wildman–Crippen MR) is 126 cm³/mol.